The number of nitrogens with zero attached hydrogens (tertiary/aromatic N) is 2. The Morgan fingerprint density at radius 1 is 1.24 bits per heavy atom. The van der Waals surface area contributed by atoms with Crippen LogP contribution in [0.1, 0.15) is 35.8 Å². The van der Waals surface area contributed by atoms with Crippen LogP contribution in [0.5, 0.6) is 0 Å². The van der Waals surface area contributed by atoms with Gasteiger partial charge < -0.3 is 9.88 Å². The summed E-state index contributed by atoms with van der Waals surface area (Å²) in [6.07, 6.45) is 5.01. The molecule has 0 aliphatic carbocycles. The van der Waals surface area contributed by atoms with Crippen LogP contribution in [0.25, 0.3) is 10.8 Å². The van der Waals surface area contributed by atoms with E-state index in [4.69, 9.17) is 0 Å². The summed E-state index contributed by atoms with van der Waals surface area (Å²) in [6.45, 7) is 4.54. The van der Waals surface area contributed by atoms with Gasteiger partial charge in [-0.2, -0.15) is 0 Å². The lowest BCUT2D eigenvalue weighted by atomic mass is 10.1. The van der Waals surface area contributed by atoms with E-state index in [-0.39, 0.29) is 11.5 Å². The number of hydrogen-bond donors (Lipinski definition) is 1. The minimum absolute atomic E-state index is 0.119. The molecule has 1 aromatic carbocycles. The van der Waals surface area contributed by atoms with E-state index < -0.39 is 0 Å². The molecule has 25 heavy (non-hydrogen) atoms. The molecule has 0 atom stereocenters. The number of carbonyl (C=O) groups excluding carboxylic acids is 1. The summed E-state index contributed by atoms with van der Waals surface area (Å²) < 4.78 is 1.58. The lowest BCUT2D eigenvalue weighted by molar-refractivity contribution is 0.101. The Morgan fingerprint density at radius 2 is 2.08 bits per heavy atom. The van der Waals surface area contributed by atoms with E-state index in [0.29, 0.717) is 23.3 Å². The predicted molar refractivity (Wildman–Crippen MR) is 100 cm³/mol. The number of benzene rings is 1. The van der Waals surface area contributed by atoms with Crippen LogP contribution in [0, 0.1) is 6.92 Å². The second-order valence-corrected chi connectivity index (χ2v) is 6.13. The zero-order chi connectivity index (χ0) is 17.8. The molecule has 0 aliphatic rings. The summed E-state index contributed by atoms with van der Waals surface area (Å²) in [6, 6.07) is 11.0. The van der Waals surface area contributed by atoms with Crippen LogP contribution < -0.4 is 10.9 Å². The van der Waals surface area contributed by atoms with Crippen LogP contribution in [0.15, 0.2) is 53.6 Å². The van der Waals surface area contributed by atoms with Gasteiger partial charge in [0.2, 0.25) is 0 Å². The molecule has 0 saturated heterocycles. The molecular formula is C20H21N3O2. The van der Waals surface area contributed by atoms with E-state index in [1.54, 1.807) is 35.2 Å². The van der Waals surface area contributed by atoms with Crippen LogP contribution in [-0.4, -0.2) is 15.5 Å². The molecule has 0 saturated carbocycles. The fourth-order valence-corrected chi connectivity index (χ4v) is 2.82. The van der Waals surface area contributed by atoms with E-state index in [2.05, 4.69) is 17.2 Å². The first-order valence-corrected chi connectivity index (χ1v) is 8.45. The van der Waals surface area contributed by atoms with Crippen LogP contribution in [-0.2, 0) is 6.54 Å². The summed E-state index contributed by atoms with van der Waals surface area (Å²) in [5.41, 5.74) is 1.88. The van der Waals surface area contributed by atoms with E-state index in [0.717, 1.165) is 23.8 Å². The average molecular weight is 335 g/mol. The van der Waals surface area contributed by atoms with Crippen molar-refractivity contribution >= 4 is 22.4 Å². The molecule has 1 amide bonds. The SMILES string of the molecule is CCCCn1c(C(=O)Nc2cccnc2)cc2ccc(C)cc2c1=O. The molecule has 0 radical (unpaired) electrons. The highest BCUT2D eigenvalue weighted by molar-refractivity contribution is 6.05. The molecule has 5 heteroatoms. The van der Waals surface area contributed by atoms with Gasteiger partial charge in [-0.1, -0.05) is 31.0 Å². The van der Waals surface area contributed by atoms with Crippen molar-refractivity contribution < 1.29 is 4.79 Å². The summed E-state index contributed by atoms with van der Waals surface area (Å²) >= 11 is 0. The highest BCUT2D eigenvalue weighted by Crippen LogP contribution is 2.16. The number of aryl methyl sites for hydroxylation is 1. The van der Waals surface area contributed by atoms with Crippen LogP contribution in [0.4, 0.5) is 5.69 Å². The highest BCUT2D eigenvalue weighted by Gasteiger charge is 2.16. The highest BCUT2D eigenvalue weighted by atomic mass is 16.2. The molecule has 5 nitrogen and oxygen atoms in total. The average Bonchev–Trinajstić information content (AvgIpc) is 2.62. The summed E-state index contributed by atoms with van der Waals surface area (Å²) in [7, 11) is 0. The quantitative estimate of drug-likeness (QED) is 0.772. The number of pyridine rings is 2. The monoisotopic (exact) mass is 335 g/mol. The first kappa shape index (κ1) is 16.9. The number of aromatic nitrogens is 2. The number of anilines is 1. The van der Waals surface area contributed by atoms with Crippen LogP contribution in [0.2, 0.25) is 0 Å². The maximum atomic E-state index is 12.9. The van der Waals surface area contributed by atoms with E-state index >= 15 is 0 Å². The number of nitrogens with one attached hydrogen (secondary N) is 1. The van der Waals surface area contributed by atoms with Crippen molar-refractivity contribution in [3.05, 3.63) is 70.4 Å². The predicted octanol–water partition coefficient (Wildman–Crippen LogP) is 3.76. The summed E-state index contributed by atoms with van der Waals surface area (Å²) in [5, 5.41) is 4.24. The van der Waals surface area contributed by atoms with E-state index in [1.807, 2.05) is 25.1 Å². The van der Waals surface area contributed by atoms with Crippen molar-refractivity contribution in [3.8, 4) is 0 Å². The molecule has 0 spiro atoms. The number of fused-ring (bicyclic) bond motifs is 1. The molecular weight excluding hydrogens is 314 g/mol. The third kappa shape index (κ3) is 3.60. The van der Waals surface area contributed by atoms with Gasteiger partial charge >= 0.3 is 0 Å². The second-order valence-electron chi connectivity index (χ2n) is 6.13. The van der Waals surface area contributed by atoms with Gasteiger partial charge in [0, 0.05) is 18.1 Å². The molecule has 0 fully saturated rings. The van der Waals surface area contributed by atoms with Crippen molar-refractivity contribution in [1.29, 1.82) is 0 Å². The molecule has 3 aromatic rings. The summed E-state index contributed by atoms with van der Waals surface area (Å²) in [4.78, 5) is 29.7. The third-order valence-electron chi connectivity index (χ3n) is 4.15. The van der Waals surface area contributed by atoms with Gasteiger partial charge in [0.15, 0.2) is 0 Å². The van der Waals surface area contributed by atoms with Crippen molar-refractivity contribution in [3.63, 3.8) is 0 Å². The number of unbranched alkanes of at least 4 members (excludes halogenated alkanes) is 1. The maximum Gasteiger partial charge on any atom is 0.272 e. The van der Waals surface area contributed by atoms with Gasteiger partial charge in [-0.3, -0.25) is 14.6 Å². The Labute approximate surface area is 146 Å². The zero-order valence-electron chi connectivity index (χ0n) is 14.5. The Hall–Kier alpha value is -2.95. The molecule has 0 aliphatic heterocycles. The van der Waals surface area contributed by atoms with Gasteiger partial charge in [0.05, 0.1) is 11.9 Å². The zero-order valence-corrected chi connectivity index (χ0v) is 14.5. The fourth-order valence-electron chi connectivity index (χ4n) is 2.82. The molecule has 0 bridgehead atoms. The largest absolute Gasteiger partial charge is 0.319 e. The van der Waals surface area contributed by atoms with Crippen LogP contribution >= 0.6 is 0 Å². The smallest absolute Gasteiger partial charge is 0.272 e. The first-order chi connectivity index (χ1) is 12.1. The molecule has 2 aromatic heterocycles. The van der Waals surface area contributed by atoms with Gasteiger partial charge in [-0.25, -0.2) is 0 Å². The normalized spacial score (nSPS) is 10.8. The Balaban J connectivity index is 2.10. The lowest BCUT2D eigenvalue weighted by Gasteiger charge is -2.14. The summed E-state index contributed by atoms with van der Waals surface area (Å²) in [5.74, 6) is -0.302. The Kier molecular flexibility index (Phi) is 4.93. The molecule has 3 rings (SSSR count). The number of amides is 1. The lowest BCUT2D eigenvalue weighted by Crippen LogP contribution is -2.29. The molecule has 1 N–H and O–H groups in total. The van der Waals surface area contributed by atoms with Gasteiger partial charge in [0.25, 0.3) is 11.5 Å². The molecule has 2 heterocycles. The van der Waals surface area contributed by atoms with Gasteiger partial charge in [0.1, 0.15) is 5.69 Å². The van der Waals surface area contributed by atoms with Gasteiger partial charge in [-0.05, 0) is 43.0 Å². The minimum Gasteiger partial charge on any atom is -0.319 e. The van der Waals surface area contributed by atoms with Crippen molar-refractivity contribution in [2.75, 3.05) is 5.32 Å². The third-order valence-corrected chi connectivity index (χ3v) is 4.15. The molecule has 0 unspecified atom stereocenters. The maximum absolute atomic E-state index is 12.9. The number of rotatable bonds is 5. The van der Waals surface area contributed by atoms with Crippen molar-refractivity contribution in [1.82, 2.24) is 9.55 Å². The van der Waals surface area contributed by atoms with Crippen molar-refractivity contribution in [2.45, 2.75) is 33.2 Å². The Morgan fingerprint density at radius 3 is 2.80 bits per heavy atom. The van der Waals surface area contributed by atoms with E-state index in [9.17, 15) is 9.59 Å². The van der Waals surface area contributed by atoms with E-state index in [1.165, 1.54) is 0 Å². The fraction of sp³-hybridized carbons (Fsp3) is 0.250. The van der Waals surface area contributed by atoms with Gasteiger partial charge in [-0.15, -0.1) is 0 Å². The minimum atomic E-state index is -0.302. The van der Waals surface area contributed by atoms with Crippen LogP contribution in [0.3, 0.4) is 0 Å². The molecule has 128 valence electrons. The van der Waals surface area contributed by atoms with Crippen molar-refractivity contribution in [2.24, 2.45) is 0 Å². The second kappa shape index (κ2) is 7.30. The number of hydrogen-bond acceptors (Lipinski definition) is 3. The topological polar surface area (TPSA) is 64.0 Å². The number of carbonyl (C=O) groups is 1. The standard InChI is InChI=1S/C20H21N3O2/c1-3-4-10-23-18(19(24)22-16-6-5-9-21-13-16)12-15-8-7-14(2)11-17(15)20(23)25/h5-9,11-13H,3-4,10H2,1-2H3,(H,22,24). The Bertz CT molecular complexity index is 962. The first-order valence-electron chi connectivity index (χ1n) is 8.45.